The number of aromatic nitrogens is 2. The van der Waals surface area contributed by atoms with Crippen molar-refractivity contribution < 1.29 is 14.6 Å². The third kappa shape index (κ3) is 2.39. The standard InChI is InChI=1S/C12H10N2O3/c1-17-10-7-13-9-4-2-3-8(12(9)14-10)5-6-11(15)16/h2-7H,1H3,(H,15,16)/b6-5+. The van der Waals surface area contributed by atoms with Crippen LogP contribution < -0.4 is 4.74 Å². The van der Waals surface area contributed by atoms with Gasteiger partial charge < -0.3 is 9.84 Å². The van der Waals surface area contributed by atoms with Gasteiger partial charge in [-0.05, 0) is 12.1 Å². The van der Waals surface area contributed by atoms with Crippen LogP contribution in [0.3, 0.4) is 0 Å². The van der Waals surface area contributed by atoms with Gasteiger partial charge in [0.05, 0.1) is 24.3 Å². The number of carbonyl (C=O) groups is 1. The van der Waals surface area contributed by atoms with Crippen molar-refractivity contribution >= 4 is 23.1 Å². The molecular weight excluding hydrogens is 220 g/mol. The smallest absolute Gasteiger partial charge is 0.328 e. The second-order valence-corrected chi connectivity index (χ2v) is 3.30. The molecule has 0 aliphatic carbocycles. The van der Waals surface area contributed by atoms with Crippen LogP contribution in [0.15, 0.2) is 30.5 Å². The summed E-state index contributed by atoms with van der Waals surface area (Å²) >= 11 is 0. The number of methoxy groups -OCH3 is 1. The van der Waals surface area contributed by atoms with Gasteiger partial charge in [0.1, 0.15) is 0 Å². The summed E-state index contributed by atoms with van der Waals surface area (Å²) in [5.74, 6) is -0.605. The van der Waals surface area contributed by atoms with Crippen LogP contribution >= 0.6 is 0 Å². The van der Waals surface area contributed by atoms with E-state index in [-0.39, 0.29) is 0 Å². The van der Waals surface area contributed by atoms with Gasteiger partial charge in [0.2, 0.25) is 5.88 Å². The lowest BCUT2D eigenvalue weighted by molar-refractivity contribution is -0.131. The van der Waals surface area contributed by atoms with Gasteiger partial charge in [-0.25, -0.2) is 14.8 Å². The van der Waals surface area contributed by atoms with Gasteiger partial charge in [0.25, 0.3) is 0 Å². The highest BCUT2D eigenvalue weighted by atomic mass is 16.5. The van der Waals surface area contributed by atoms with Crippen molar-refractivity contribution in [3.63, 3.8) is 0 Å². The number of para-hydroxylation sites is 1. The van der Waals surface area contributed by atoms with Crippen molar-refractivity contribution in [2.24, 2.45) is 0 Å². The molecule has 0 unspecified atom stereocenters. The Hall–Kier alpha value is -2.43. The highest BCUT2D eigenvalue weighted by molar-refractivity contribution is 5.91. The Kier molecular flexibility index (Phi) is 3.00. The number of hydrogen-bond donors (Lipinski definition) is 1. The highest BCUT2D eigenvalue weighted by Crippen LogP contribution is 2.18. The minimum absolute atomic E-state index is 0.397. The van der Waals surface area contributed by atoms with Gasteiger partial charge in [-0.15, -0.1) is 0 Å². The predicted octanol–water partition coefficient (Wildman–Crippen LogP) is 1.74. The van der Waals surface area contributed by atoms with E-state index in [1.807, 2.05) is 0 Å². The van der Waals surface area contributed by atoms with E-state index >= 15 is 0 Å². The van der Waals surface area contributed by atoms with Crippen LogP contribution in [0.25, 0.3) is 17.1 Å². The van der Waals surface area contributed by atoms with Crippen LogP contribution in [-0.2, 0) is 4.79 Å². The van der Waals surface area contributed by atoms with Gasteiger partial charge in [0, 0.05) is 11.6 Å². The lowest BCUT2D eigenvalue weighted by atomic mass is 10.1. The van der Waals surface area contributed by atoms with Gasteiger partial charge in [-0.3, -0.25) is 0 Å². The minimum Gasteiger partial charge on any atom is -0.480 e. The fourth-order valence-corrected chi connectivity index (χ4v) is 1.43. The first kappa shape index (κ1) is 11.1. The van der Waals surface area contributed by atoms with E-state index in [0.717, 1.165) is 6.08 Å². The van der Waals surface area contributed by atoms with Gasteiger partial charge in [-0.1, -0.05) is 12.1 Å². The van der Waals surface area contributed by atoms with E-state index in [4.69, 9.17) is 9.84 Å². The number of aliphatic carboxylic acids is 1. The number of nitrogens with zero attached hydrogens (tertiary/aromatic N) is 2. The topological polar surface area (TPSA) is 72.3 Å². The summed E-state index contributed by atoms with van der Waals surface area (Å²) in [4.78, 5) is 18.9. The SMILES string of the molecule is COc1cnc2cccc(/C=C/C(=O)O)c2n1. The van der Waals surface area contributed by atoms with Gasteiger partial charge in [0.15, 0.2) is 0 Å². The normalized spacial score (nSPS) is 10.9. The average Bonchev–Trinajstić information content (AvgIpc) is 2.35. The maximum atomic E-state index is 10.5. The van der Waals surface area contributed by atoms with Crippen LogP contribution in [-0.4, -0.2) is 28.2 Å². The molecule has 0 atom stereocenters. The third-order valence-corrected chi connectivity index (χ3v) is 2.20. The minimum atomic E-state index is -1.00. The first-order valence-electron chi connectivity index (χ1n) is 4.91. The predicted molar refractivity (Wildman–Crippen MR) is 62.8 cm³/mol. The maximum absolute atomic E-state index is 10.5. The molecule has 0 spiro atoms. The van der Waals surface area contributed by atoms with Crippen LogP contribution in [0.1, 0.15) is 5.56 Å². The lowest BCUT2D eigenvalue weighted by Crippen LogP contribution is -1.92. The zero-order valence-corrected chi connectivity index (χ0v) is 9.12. The van der Waals surface area contributed by atoms with E-state index in [9.17, 15) is 4.79 Å². The Morgan fingerprint density at radius 1 is 1.47 bits per heavy atom. The summed E-state index contributed by atoms with van der Waals surface area (Å²) in [6, 6.07) is 5.38. The van der Waals surface area contributed by atoms with Crippen molar-refractivity contribution in [1.29, 1.82) is 0 Å². The molecule has 0 amide bonds. The molecule has 5 heteroatoms. The van der Waals surface area contributed by atoms with Crippen molar-refractivity contribution in [1.82, 2.24) is 9.97 Å². The molecule has 0 saturated heterocycles. The highest BCUT2D eigenvalue weighted by Gasteiger charge is 2.03. The van der Waals surface area contributed by atoms with Crippen LogP contribution in [0.4, 0.5) is 0 Å². The summed E-state index contributed by atoms with van der Waals surface area (Å²) < 4.78 is 4.99. The Balaban J connectivity index is 2.58. The molecule has 1 aromatic heterocycles. The second kappa shape index (κ2) is 4.61. The molecule has 0 radical (unpaired) electrons. The number of rotatable bonds is 3. The number of hydrogen-bond acceptors (Lipinski definition) is 4. The van der Waals surface area contributed by atoms with E-state index in [0.29, 0.717) is 22.5 Å². The fraction of sp³-hybridized carbons (Fsp3) is 0.0833. The Morgan fingerprint density at radius 2 is 2.29 bits per heavy atom. The Bertz CT molecular complexity index is 593. The molecule has 0 fully saturated rings. The monoisotopic (exact) mass is 230 g/mol. The largest absolute Gasteiger partial charge is 0.480 e. The molecule has 1 heterocycles. The van der Waals surface area contributed by atoms with Crippen molar-refractivity contribution in [3.8, 4) is 5.88 Å². The molecule has 2 rings (SSSR count). The zero-order valence-electron chi connectivity index (χ0n) is 9.12. The summed E-state index contributed by atoms with van der Waals surface area (Å²) in [5, 5.41) is 8.60. The first-order valence-corrected chi connectivity index (χ1v) is 4.91. The summed E-state index contributed by atoms with van der Waals surface area (Å²) in [6.07, 6.45) is 4.07. The molecule has 0 aliphatic rings. The summed E-state index contributed by atoms with van der Waals surface area (Å²) in [6.45, 7) is 0. The summed E-state index contributed by atoms with van der Waals surface area (Å²) in [5.41, 5.74) is 2.00. The summed E-state index contributed by atoms with van der Waals surface area (Å²) in [7, 11) is 1.51. The zero-order chi connectivity index (χ0) is 12.3. The molecule has 1 N–H and O–H groups in total. The van der Waals surface area contributed by atoms with E-state index in [1.54, 1.807) is 18.2 Å². The number of ether oxygens (including phenoxy) is 1. The molecule has 17 heavy (non-hydrogen) atoms. The van der Waals surface area contributed by atoms with E-state index in [2.05, 4.69) is 9.97 Å². The van der Waals surface area contributed by atoms with E-state index in [1.165, 1.54) is 19.4 Å². The first-order chi connectivity index (χ1) is 8.20. The number of fused-ring (bicyclic) bond motifs is 1. The van der Waals surface area contributed by atoms with Crippen LogP contribution in [0, 0.1) is 0 Å². The van der Waals surface area contributed by atoms with Crippen molar-refractivity contribution in [2.45, 2.75) is 0 Å². The molecule has 0 saturated carbocycles. The van der Waals surface area contributed by atoms with Crippen LogP contribution in [0.5, 0.6) is 5.88 Å². The van der Waals surface area contributed by atoms with Crippen molar-refractivity contribution in [2.75, 3.05) is 7.11 Å². The maximum Gasteiger partial charge on any atom is 0.328 e. The Labute approximate surface area is 97.4 Å². The molecule has 5 nitrogen and oxygen atoms in total. The molecule has 2 aromatic rings. The van der Waals surface area contributed by atoms with Crippen molar-refractivity contribution in [3.05, 3.63) is 36.0 Å². The Morgan fingerprint density at radius 3 is 3.00 bits per heavy atom. The molecule has 0 bridgehead atoms. The number of carboxylic acid groups (broad SMARTS) is 1. The fourth-order valence-electron chi connectivity index (χ4n) is 1.43. The molecular formula is C12H10N2O3. The lowest BCUT2D eigenvalue weighted by Gasteiger charge is -2.03. The number of carboxylic acids is 1. The van der Waals surface area contributed by atoms with E-state index < -0.39 is 5.97 Å². The molecule has 0 aliphatic heterocycles. The second-order valence-electron chi connectivity index (χ2n) is 3.30. The average molecular weight is 230 g/mol. The third-order valence-electron chi connectivity index (χ3n) is 2.20. The molecule has 1 aromatic carbocycles. The van der Waals surface area contributed by atoms with Gasteiger partial charge in [-0.2, -0.15) is 0 Å². The molecule has 86 valence electrons. The quantitative estimate of drug-likeness (QED) is 0.813. The number of benzene rings is 1. The van der Waals surface area contributed by atoms with Gasteiger partial charge >= 0.3 is 5.97 Å². The van der Waals surface area contributed by atoms with Crippen LogP contribution in [0.2, 0.25) is 0 Å².